The zero-order valence-electron chi connectivity index (χ0n) is 11.7. The summed E-state index contributed by atoms with van der Waals surface area (Å²) in [6.07, 6.45) is 1.80. The van der Waals surface area contributed by atoms with E-state index in [1.807, 2.05) is 61.8 Å². The average Bonchev–Trinajstić information content (AvgIpc) is 2.82. The molecule has 3 rings (SSSR count). The maximum Gasteiger partial charge on any atom is 0.219 e. The van der Waals surface area contributed by atoms with Gasteiger partial charge in [-0.1, -0.05) is 30.3 Å². The predicted molar refractivity (Wildman–Crippen MR) is 88.1 cm³/mol. The van der Waals surface area contributed by atoms with E-state index >= 15 is 0 Å². The molecule has 4 nitrogen and oxygen atoms in total. The van der Waals surface area contributed by atoms with Gasteiger partial charge in [0.1, 0.15) is 11.3 Å². The van der Waals surface area contributed by atoms with Gasteiger partial charge in [0.15, 0.2) is 0 Å². The molecule has 100 valence electrons. The Morgan fingerprint density at radius 2 is 1.95 bits per heavy atom. The highest BCUT2D eigenvalue weighted by Crippen LogP contribution is 2.34. The van der Waals surface area contributed by atoms with Crippen LogP contribution in [0.25, 0.3) is 22.3 Å². The van der Waals surface area contributed by atoms with Crippen LogP contribution in [0, 0.1) is 0 Å². The largest absolute Gasteiger partial charge is 0.408 e. The smallest absolute Gasteiger partial charge is 0.219 e. The summed E-state index contributed by atoms with van der Waals surface area (Å²) in [7, 11) is 5.93. The number of aryl methyl sites for hydroxylation is 1. The SMILES string of the molecule is BN(C)c1nc(-c2ccccc2)c(S)c2c1ncn2C. The van der Waals surface area contributed by atoms with E-state index in [4.69, 9.17) is 4.98 Å². The topological polar surface area (TPSA) is 34.0 Å². The third kappa shape index (κ3) is 1.96. The molecule has 0 spiro atoms. The van der Waals surface area contributed by atoms with Gasteiger partial charge in [-0.25, -0.2) is 9.97 Å². The Bertz CT molecular complexity index is 768. The summed E-state index contributed by atoms with van der Waals surface area (Å²) in [5.41, 5.74) is 3.82. The van der Waals surface area contributed by atoms with Gasteiger partial charge in [-0.3, -0.25) is 0 Å². The van der Waals surface area contributed by atoms with Crippen LogP contribution in [0.2, 0.25) is 0 Å². The van der Waals surface area contributed by atoms with Crippen LogP contribution in [-0.4, -0.2) is 29.6 Å². The van der Waals surface area contributed by atoms with Crippen LogP contribution in [0.15, 0.2) is 41.6 Å². The van der Waals surface area contributed by atoms with Gasteiger partial charge < -0.3 is 9.38 Å². The van der Waals surface area contributed by atoms with Gasteiger partial charge in [0, 0.05) is 12.6 Å². The lowest BCUT2D eigenvalue weighted by Gasteiger charge is -2.16. The van der Waals surface area contributed by atoms with Crippen molar-refractivity contribution in [2.24, 2.45) is 7.05 Å². The second kappa shape index (κ2) is 4.87. The Kier molecular flexibility index (Phi) is 3.18. The van der Waals surface area contributed by atoms with E-state index in [0.29, 0.717) is 0 Å². The number of anilines is 1. The Morgan fingerprint density at radius 3 is 2.60 bits per heavy atom. The monoisotopic (exact) mass is 282 g/mol. The Balaban J connectivity index is 2.39. The maximum atomic E-state index is 4.76. The first-order valence-electron chi connectivity index (χ1n) is 6.36. The first kappa shape index (κ1) is 13.1. The van der Waals surface area contributed by atoms with Crippen molar-refractivity contribution in [3.63, 3.8) is 0 Å². The zero-order valence-corrected chi connectivity index (χ0v) is 12.6. The van der Waals surface area contributed by atoms with Crippen LogP contribution >= 0.6 is 12.6 Å². The molecule has 6 heteroatoms. The number of imidazole rings is 1. The van der Waals surface area contributed by atoms with E-state index < -0.39 is 0 Å². The number of hydrogen-bond donors (Lipinski definition) is 1. The van der Waals surface area contributed by atoms with E-state index in [1.165, 1.54) is 0 Å². The Morgan fingerprint density at radius 1 is 1.25 bits per heavy atom. The molecule has 0 bridgehead atoms. The van der Waals surface area contributed by atoms with Crippen LogP contribution in [0.5, 0.6) is 0 Å². The summed E-state index contributed by atoms with van der Waals surface area (Å²) >= 11 is 4.68. The average molecular weight is 282 g/mol. The van der Waals surface area contributed by atoms with Crippen LogP contribution in [-0.2, 0) is 7.05 Å². The summed E-state index contributed by atoms with van der Waals surface area (Å²) in [4.78, 5) is 12.0. The fourth-order valence-electron chi connectivity index (χ4n) is 2.31. The van der Waals surface area contributed by atoms with Gasteiger partial charge in [-0.2, -0.15) is 0 Å². The lowest BCUT2D eigenvalue weighted by Crippen LogP contribution is -2.14. The van der Waals surface area contributed by atoms with Crippen LogP contribution < -0.4 is 4.81 Å². The van der Waals surface area contributed by atoms with Crippen molar-refractivity contribution in [2.45, 2.75) is 4.90 Å². The molecule has 0 amide bonds. The highest BCUT2D eigenvalue weighted by molar-refractivity contribution is 7.80. The molecule has 0 saturated heterocycles. The van der Waals surface area contributed by atoms with Crippen LogP contribution in [0.1, 0.15) is 0 Å². The van der Waals surface area contributed by atoms with Crippen molar-refractivity contribution >= 4 is 37.5 Å². The van der Waals surface area contributed by atoms with Crippen molar-refractivity contribution < 1.29 is 0 Å². The van der Waals surface area contributed by atoms with Crippen molar-refractivity contribution in [1.82, 2.24) is 14.5 Å². The van der Waals surface area contributed by atoms with Gasteiger partial charge in [-0.05, 0) is 7.05 Å². The number of fused-ring (bicyclic) bond motifs is 1. The normalized spacial score (nSPS) is 10.9. The van der Waals surface area contributed by atoms with Crippen molar-refractivity contribution in [2.75, 3.05) is 11.9 Å². The summed E-state index contributed by atoms with van der Waals surface area (Å²) in [5, 5.41) is 0. The third-order valence-corrected chi connectivity index (χ3v) is 3.71. The van der Waals surface area contributed by atoms with E-state index in [0.717, 1.165) is 33.0 Å². The number of nitrogens with zero attached hydrogens (tertiary/aromatic N) is 4. The second-order valence-corrected chi connectivity index (χ2v) is 5.39. The molecule has 20 heavy (non-hydrogen) atoms. The van der Waals surface area contributed by atoms with E-state index in [-0.39, 0.29) is 0 Å². The van der Waals surface area contributed by atoms with Crippen LogP contribution in [0.3, 0.4) is 0 Å². The molecule has 0 saturated carbocycles. The molecule has 1 aromatic carbocycles. The fraction of sp³-hybridized carbons (Fsp3) is 0.143. The molecule has 3 aromatic rings. The standard InChI is InChI=1S/C14H15BN4S/c1-18-8-16-11-12(18)13(20)10(17-14(11)19(2)15)9-6-4-3-5-7-9/h3-8,20H,15H2,1-2H3. The minimum absolute atomic E-state index is 0.858. The number of rotatable bonds is 2. The molecule has 0 aliphatic carbocycles. The molecule has 0 aliphatic rings. The van der Waals surface area contributed by atoms with Crippen molar-refractivity contribution in [3.8, 4) is 11.3 Å². The number of thiol groups is 1. The van der Waals surface area contributed by atoms with E-state index in [1.54, 1.807) is 6.33 Å². The molecule has 0 radical (unpaired) electrons. The van der Waals surface area contributed by atoms with Crippen LogP contribution in [0.4, 0.5) is 5.82 Å². The summed E-state index contributed by atoms with van der Waals surface area (Å²) < 4.78 is 1.98. The first-order chi connectivity index (χ1) is 9.59. The fourth-order valence-corrected chi connectivity index (χ4v) is 2.75. The second-order valence-electron chi connectivity index (χ2n) is 4.95. The Hall–Kier alpha value is -1.95. The Labute approximate surface area is 124 Å². The quantitative estimate of drug-likeness (QED) is 0.576. The van der Waals surface area contributed by atoms with Crippen molar-refractivity contribution in [3.05, 3.63) is 36.7 Å². The van der Waals surface area contributed by atoms with Gasteiger partial charge in [0.05, 0.1) is 22.4 Å². The minimum atomic E-state index is 0.858. The molecule has 0 N–H and O–H groups in total. The number of benzene rings is 1. The molecule has 2 aromatic heterocycles. The van der Waals surface area contributed by atoms with Crippen molar-refractivity contribution in [1.29, 1.82) is 0 Å². The molecule has 0 atom stereocenters. The number of hydrogen-bond acceptors (Lipinski definition) is 4. The highest BCUT2D eigenvalue weighted by Gasteiger charge is 2.17. The molecule has 0 unspecified atom stereocenters. The predicted octanol–water partition coefficient (Wildman–Crippen LogP) is 1.91. The third-order valence-electron chi connectivity index (χ3n) is 3.29. The van der Waals surface area contributed by atoms with E-state index in [2.05, 4.69) is 17.6 Å². The molecule has 0 fully saturated rings. The summed E-state index contributed by atoms with van der Waals surface area (Å²) in [5.74, 6) is 0.859. The highest BCUT2D eigenvalue weighted by atomic mass is 32.1. The van der Waals surface area contributed by atoms with Gasteiger partial charge in [-0.15, -0.1) is 12.6 Å². The molecular formula is C14H15BN4S. The van der Waals surface area contributed by atoms with Gasteiger partial charge in [0.2, 0.25) is 7.98 Å². The van der Waals surface area contributed by atoms with E-state index in [9.17, 15) is 0 Å². The molecular weight excluding hydrogens is 267 g/mol. The van der Waals surface area contributed by atoms with Gasteiger partial charge in [0.25, 0.3) is 0 Å². The lowest BCUT2D eigenvalue weighted by molar-refractivity contribution is 0.938. The first-order valence-corrected chi connectivity index (χ1v) is 6.81. The number of pyridine rings is 1. The summed E-state index contributed by atoms with van der Waals surface area (Å²) in [6, 6.07) is 10.1. The summed E-state index contributed by atoms with van der Waals surface area (Å²) in [6.45, 7) is 0. The maximum absolute atomic E-state index is 4.76. The number of aromatic nitrogens is 3. The van der Waals surface area contributed by atoms with Gasteiger partial charge >= 0.3 is 0 Å². The molecule has 2 heterocycles. The lowest BCUT2D eigenvalue weighted by atomic mass is 10.1. The minimum Gasteiger partial charge on any atom is -0.408 e. The molecule has 0 aliphatic heterocycles. The zero-order chi connectivity index (χ0) is 14.3.